The second-order valence-electron chi connectivity index (χ2n) is 6.98. The van der Waals surface area contributed by atoms with Crippen LogP contribution in [0.1, 0.15) is 18.4 Å². The molecule has 1 aromatic carbocycles. The van der Waals surface area contributed by atoms with Gasteiger partial charge in [0.25, 0.3) is 0 Å². The number of carbonyl (C=O) groups is 1. The Morgan fingerprint density at radius 1 is 1.48 bits per heavy atom. The lowest BCUT2D eigenvalue weighted by Gasteiger charge is -2.36. The van der Waals surface area contributed by atoms with Crippen LogP contribution in [0.25, 0.3) is 0 Å². The standard InChI is InChI=1S/C20H30FN5O/c1-5-10-22-20(23-13-19(27)25(3)4)24-17-7-6-11-26(14-17)18-9-8-16(21)12-15(18)2/h5,8-9,12,17H,1,6-7,10-11,13-14H2,2-4H3,(H2,22,23,24). The van der Waals surface area contributed by atoms with Gasteiger partial charge in [0.1, 0.15) is 12.4 Å². The summed E-state index contributed by atoms with van der Waals surface area (Å²) in [5.41, 5.74) is 1.99. The Hall–Kier alpha value is -2.57. The van der Waals surface area contributed by atoms with Crippen molar-refractivity contribution in [3.05, 3.63) is 42.2 Å². The summed E-state index contributed by atoms with van der Waals surface area (Å²) in [7, 11) is 3.43. The van der Waals surface area contributed by atoms with Crippen molar-refractivity contribution in [3.8, 4) is 0 Å². The van der Waals surface area contributed by atoms with Gasteiger partial charge in [0.05, 0.1) is 0 Å². The van der Waals surface area contributed by atoms with E-state index in [1.54, 1.807) is 26.2 Å². The van der Waals surface area contributed by atoms with Crippen molar-refractivity contribution in [1.29, 1.82) is 0 Å². The summed E-state index contributed by atoms with van der Waals surface area (Å²) in [6.45, 7) is 8.03. The lowest BCUT2D eigenvalue weighted by molar-refractivity contribution is -0.127. The molecule has 0 radical (unpaired) electrons. The number of anilines is 1. The van der Waals surface area contributed by atoms with E-state index in [1.165, 1.54) is 11.0 Å². The molecule has 0 spiro atoms. The van der Waals surface area contributed by atoms with Gasteiger partial charge in [0.2, 0.25) is 5.91 Å². The third-order valence-corrected chi connectivity index (χ3v) is 4.55. The van der Waals surface area contributed by atoms with E-state index < -0.39 is 0 Å². The van der Waals surface area contributed by atoms with Gasteiger partial charge in [-0.25, -0.2) is 9.38 Å². The van der Waals surface area contributed by atoms with Crippen molar-refractivity contribution in [1.82, 2.24) is 15.5 Å². The lowest BCUT2D eigenvalue weighted by Crippen LogP contribution is -2.51. The first kappa shape index (κ1) is 20.7. The number of benzene rings is 1. The van der Waals surface area contributed by atoms with E-state index in [2.05, 4.69) is 27.1 Å². The number of guanidine groups is 1. The molecule has 1 aliphatic rings. The van der Waals surface area contributed by atoms with Gasteiger partial charge in [-0.15, -0.1) is 6.58 Å². The number of nitrogens with one attached hydrogen (secondary N) is 2. The Bertz CT molecular complexity index is 689. The van der Waals surface area contributed by atoms with Crippen molar-refractivity contribution in [2.45, 2.75) is 25.8 Å². The third kappa shape index (κ3) is 6.27. The molecule has 1 amide bonds. The zero-order chi connectivity index (χ0) is 19.8. The first-order valence-corrected chi connectivity index (χ1v) is 9.27. The van der Waals surface area contributed by atoms with Crippen LogP contribution in [0.3, 0.4) is 0 Å². The quantitative estimate of drug-likeness (QED) is 0.453. The zero-order valence-corrected chi connectivity index (χ0v) is 16.5. The first-order chi connectivity index (χ1) is 12.9. The van der Waals surface area contributed by atoms with Crippen LogP contribution in [0.5, 0.6) is 0 Å². The van der Waals surface area contributed by atoms with Gasteiger partial charge < -0.3 is 20.4 Å². The third-order valence-electron chi connectivity index (χ3n) is 4.55. The Balaban J connectivity index is 2.04. The molecular weight excluding hydrogens is 345 g/mol. The predicted molar refractivity (Wildman–Crippen MR) is 109 cm³/mol. The Morgan fingerprint density at radius 2 is 2.26 bits per heavy atom. The molecule has 1 fully saturated rings. The topological polar surface area (TPSA) is 60.0 Å². The van der Waals surface area contributed by atoms with E-state index in [4.69, 9.17) is 0 Å². The van der Waals surface area contributed by atoms with Crippen LogP contribution in [0.2, 0.25) is 0 Å². The maximum Gasteiger partial charge on any atom is 0.243 e. The van der Waals surface area contributed by atoms with E-state index in [0.29, 0.717) is 12.5 Å². The molecule has 1 aromatic rings. The van der Waals surface area contributed by atoms with E-state index >= 15 is 0 Å². The molecular formula is C20H30FN5O. The van der Waals surface area contributed by atoms with E-state index in [0.717, 1.165) is 37.2 Å². The van der Waals surface area contributed by atoms with Gasteiger partial charge in [-0.1, -0.05) is 6.08 Å². The highest BCUT2D eigenvalue weighted by Gasteiger charge is 2.22. The van der Waals surface area contributed by atoms with Crippen LogP contribution in [0.4, 0.5) is 10.1 Å². The molecule has 2 N–H and O–H groups in total. The number of nitrogens with zero attached hydrogens (tertiary/aromatic N) is 3. The summed E-state index contributed by atoms with van der Waals surface area (Å²) < 4.78 is 13.4. The van der Waals surface area contributed by atoms with Crippen molar-refractivity contribution in [3.63, 3.8) is 0 Å². The summed E-state index contributed by atoms with van der Waals surface area (Å²) in [5.74, 6) is 0.339. The molecule has 2 rings (SSSR count). The maximum absolute atomic E-state index is 13.4. The molecule has 1 heterocycles. The Kier molecular flexibility index (Phi) is 7.64. The van der Waals surface area contributed by atoms with Crippen molar-refractivity contribution in [2.75, 3.05) is 45.2 Å². The number of hydrogen-bond acceptors (Lipinski definition) is 3. The van der Waals surface area contributed by atoms with Crippen LogP contribution < -0.4 is 15.5 Å². The molecule has 1 atom stereocenters. The molecule has 148 valence electrons. The van der Waals surface area contributed by atoms with Gasteiger partial charge in [-0.2, -0.15) is 0 Å². The van der Waals surface area contributed by atoms with Gasteiger partial charge in [-0.05, 0) is 43.5 Å². The predicted octanol–water partition coefficient (Wildman–Crippen LogP) is 1.91. The molecule has 0 aromatic heterocycles. The highest BCUT2D eigenvalue weighted by Crippen LogP contribution is 2.24. The Morgan fingerprint density at radius 3 is 2.93 bits per heavy atom. The fourth-order valence-corrected chi connectivity index (χ4v) is 3.09. The summed E-state index contributed by atoms with van der Waals surface area (Å²) in [4.78, 5) is 20.0. The number of rotatable bonds is 6. The summed E-state index contributed by atoms with van der Waals surface area (Å²) in [5, 5.41) is 6.59. The largest absolute Gasteiger partial charge is 0.369 e. The minimum absolute atomic E-state index is 0.0538. The van der Waals surface area contributed by atoms with Crippen LogP contribution in [0, 0.1) is 12.7 Å². The molecule has 0 aliphatic carbocycles. The van der Waals surface area contributed by atoms with Crippen LogP contribution in [-0.4, -0.2) is 63.1 Å². The van der Waals surface area contributed by atoms with Gasteiger partial charge in [-0.3, -0.25) is 4.79 Å². The maximum atomic E-state index is 13.4. The number of aryl methyl sites for hydroxylation is 1. The highest BCUT2D eigenvalue weighted by atomic mass is 19.1. The van der Waals surface area contributed by atoms with Crippen molar-refractivity contribution < 1.29 is 9.18 Å². The van der Waals surface area contributed by atoms with Gasteiger partial charge >= 0.3 is 0 Å². The second-order valence-corrected chi connectivity index (χ2v) is 6.98. The number of halogens is 1. The summed E-state index contributed by atoms with van der Waals surface area (Å²) >= 11 is 0. The number of carbonyl (C=O) groups excluding carboxylic acids is 1. The number of aliphatic imine (C=N–C) groups is 1. The van der Waals surface area contributed by atoms with E-state index in [-0.39, 0.29) is 24.3 Å². The number of amides is 1. The average Bonchev–Trinajstić information content (AvgIpc) is 2.63. The zero-order valence-electron chi connectivity index (χ0n) is 16.5. The van der Waals surface area contributed by atoms with Crippen LogP contribution >= 0.6 is 0 Å². The smallest absolute Gasteiger partial charge is 0.243 e. The normalized spacial score (nSPS) is 17.4. The monoisotopic (exact) mass is 375 g/mol. The fourth-order valence-electron chi connectivity index (χ4n) is 3.09. The van der Waals surface area contributed by atoms with Crippen molar-refractivity contribution >= 4 is 17.6 Å². The number of hydrogen-bond donors (Lipinski definition) is 2. The van der Waals surface area contributed by atoms with E-state index in [1.807, 2.05) is 13.0 Å². The first-order valence-electron chi connectivity index (χ1n) is 9.27. The summed E-state index contributed by atoms with van der Waals surface area (Å²) in [6, 6.07) is 5.10. The van der Waals surface area contributed by atoms with E-state index in [9.17, 15) is 9.18 Å². The van der Waals surface area contributed by atoms with Gasteiger partial charge in [0.15, 0.2) is 5.96 Å². The second kappa shape index (κ2) is 9.94. The molecule has 1 aliphatic heterocycles. The molecule has 0 saturated carbocycles. The minimum Gasteiger partial charge on any atom is -0.369 e. The molecule has 6 nitrogen and oxygen atoms in total. The SMILES string of the molecule is C=CCNC(=NCC(=O)N(C)C)NC1CCCN(c2ccc(F)cc2C)C1. The average molecular weight is 375 g/mol. The molecule has 1 unspecified atom stereocenters. The van der Waals surface area contributed by atoms with Crippen LogP contribution in [-0.2, 0) is 4.79 Å². The van der Waals surface area contributed by atoms with Crippen molar-refractivity contribution in [2.24, 2.45) is 4.99 Å². The number of likely N-dealkylation sites (N-methyl/N-ethyl adjacent to an activating group) is 1. The van der Waals surface area contributed by atoms with Gasteiger partial charge in [0, 0.05) is 45.5 Å². The molecule has 1 saturated heterocycles. The lowest BCUT2D eigenvalue weighted by atomic mass is 10.0. The highest BCUT2D eigenvalue weighted by molar-refractivity contribution is 5.85. The molecule has 0 bridgehead atoms. The number of piperidine rings is 1. The minimum atomic E-state index is -0.212. The fraction of sp³-hybridized carbons (Fsp3) is 0.500. The molecule has 27 heavy (non-hydrogen) atoms. The molecule has 7 heteroatoms. The Labute approximate surface area is 161 Å². The van der Waals surface area contributed by atoms with Crippen LogP contribution in [0.15, 0.2) is 35.8 Å². The summed E-state index contributed by atoms with van der Waals surface area (Å²) in [6.07, 6.45) is 3.78.